The highest BCUT2D eigenvalue weighted by atomic mass is 16.4. The summed E-state index contributed by atoms with van der Waals surface area (Å²) in [5, 5.41) is 20.6. The van der Waals surface area contributed by atoms with Crippen molar-refractivity contribution < 1.29 is 24.2 Å². The van der Waals surface area contributed by atoms with E-state index in [1.54, 1.807) is 24.0 Å². The second-order valence-corrected chi connectivity index (χ2v) is 8.71. The van der Waals surface area contributed by atoms with Crippen LogP contribution in [0.2, 0.25) is 0 Å². The number of aryl methyl sites for hydroxylation is 2. The molecule has 1 aromatic heterocycles. The summed E-state index contributed by atoms with van der Waals surface area (Å²) in [6, 6.07) is 12.4. The Morgan fingerprint density at radius 2 is 1.70 bits per heavy atom. The van der Waals surface area contributed by atoms with E-state index >= 15 is 0 Å². The van der Waals surface area contributed by atoms with Crippen LogP contribution < -0.4 is 5.63 Å². The molecule has 0 atom stereocenters. The minimum absolute atomic E-state index is 0.0611. The van der Waals surface area contributed by atoms with Gasteiger partial charge in [-0.3, -0.25) is 9.59 Å². The average Bonchev–Trinajstić information content (AvgIpc) is 2.82. The maximum Gasteiger partial charge on any atom is 0.339 e. The molecule has 1 aliphatic rings. The van der Waals surface area contributed by atoms with Gasteiger partial charge in [-0.25, -0.2) is 4.79 Å². The van der Waals surface area contributed by atoms with Crippen molar-refractivity contribution in [3.05, 3.63) is 75.1 Å². The Balaban J connectivity index is 1.47. The number of aliphatic carboxylic acids is 1. The van der Waals surface area contributed by atoms with E-state index in [0.717, 1.165) is 16.5 Å². The molecule has 172 valence electrons. The van der Waals surface area contributed by atoms with Crippen LogP contribution in [0.25, 0.3) is 11.0 Å². The van der Waals surface area contributed by atoms with E-state index in [1.165, 1.54) is 0 Å². The smallest absolute Gasteiger partial charge is 0.339 e. The van der Waals surface area contributed by atoms with E-state index in [2.05, 4.69) is 0 Å². The van der Waals surface area contributed by atoms with Gasteiger partial charge in [-0.2, -0.15) is 0 Å². The lowest BCUT2D eigenvalue weighted by atomic mass is 9.73. The van der Waals surface area contributed by atoms with Gasteiger partial charge in [0, 0.05) is 36.0 Å². The van der Waals surface area contributed by atoms with E-state index < -0.39 is 17.0 Å². The van der Waals surface area contributed by atoms with Crippen LogP contribution >= 0.6 is 0 Å². The normalized spacial score (nSPS) is 15.5. The summed E-state index contributed by atoms with van der Waals surface area (Å²) >= 11 is 0. The van der Waals surface area contributed by atoms with E-state index in [-0.39, 0.29) is 24.5 Å². The van der Waals surface area contributed by atoms with Crippen molar-refractivity contribution >= 4 is 22.8 Å². The number of carboxylic acid groups (broad SMARTS) is 1. The maximum absolute atomic E-state index is 12.9. The molecule has 3 aromatic rings. The molecular formula is C26H27NO6. The number of phenols is 1. The van der Waals surface area contributed by atoms with Gasteiger partial charge in [0.05, 0.1) is 5.41 Å². The van der Waals surface area contributed by atoms with Crippen LogP contribution in [0, 0.1) is 13.8 Å². The quantitative estimate of drug-likeness (QED) is 0.575. The molecule has 0 spiro atoms. The third-order valence-electron chi connectivity index (χ3n) is 6.97. The number of hydrogen-bond donors (Lipinski definition) is 2. The van der Waals surface area contributed by atoms with Crippen molar-refractivity contribution in [2.24, 2.45) is 0 Å². The highest BCUT2D eigenvalue weighted by Gasteiger charge is 2.43. The lowest BCUT2D eigenvalue weighted by Gasteiger charge is -2.39. The van der Waals surface area contributed by atoms with Gasteiger partial charge >= 0.3 is 11.6 Å². The van der Waals surface area contributed by atoms with E-state index in [0.29, 0.717) is 42.6 Å². The predicted molar refractivity (Wildman–Crippen MR) is 124 cm³/mol. The number of nitrogens with zero attached hydrogens (tertiary/aromatic N) is 1. The minimum atomic E-state index is -0.989. The van der Waals surface area contributed by atoms with Crippen LogP contribution in [-0.4, -0.2) is 40.1 Å². The van der Waals surface area contributed by atoms with Crippen LogP contribution in [0.15, 0.2) is 51.7 Å². The molecule has 33 heavy (non-hydrogen) atoms. The van der Waals surface area contributed by atoms with Gasteiger partial charge in [-0.1, -0.05) is 30.3 Å². The lowest BCUT2D eigenvalue weighted by molar-refractivity contribution is -0.148. The van der Waals surface area contributed by atoms with Gasteiger partial charge in [0.15, 0.2) is 0 Å². The number of fused-ring (bicyclic) bond motifs is 1. The number of aromatic hydroxyl groups is 1. The zero-order chi connectivity index (χ0) is 23.8. The molecule has 1 aliphatic heterocycles. The van der Waals surface area contributed by atoms with Crippen molar-refractivity contribution in [1.82, 2.24) is 4.90 Å². The number of piperidine rings is 1. The molecule has 2 heterocycles. The van der Waals surface area contributed by atoms with Crippen LogP contribution in [0.5, 0.6) is 5.75 Å². The number of benzene rings is 2. The Bertz CT molecular complexity index is 1270. The number of carbonyl (C=O) groups excluding carboxylic acids is 1. The largest absolute Gasteiger partial charge is 0.508 e. The van der Waals surface area contributed by atoms with Crippen molar-refractivity contribution in [3.8, 4) is 5.75 Å². The summed E-state index contributed by atoms with van der Waals surface area (Å²) < 4.78 is 5.46. The van der Waals surface area contributed by atoms with Gasteiger partial charge in [-0.15, -0.1) is 0 Å². The highest BCUT2D eigenvalue weighted by Crippen LogP contribution is 2.36. The van der Waals surface area contributed by atoms with Gasteiger partial charge in [0.2, 0.25) is 5.91 Å². The van der Waals surface area contributed by atoms with Gasteiger partial charge < -0.3 is 19.5 Å². The number of amides is 1. The Morgan fingerprint density at radius 1 is 1.03 bits per heavy atom. The van der Waals surface area contributed by atoms with Gasteiger partial charge in [0.25, 0.3) is 0 Å². The average molecular weight is 450 g/mol. The highest BCUT2D eigenvalue weighted by molar-refractivity contribution is 5.86. The van der Waals surface area contributed by atoms with Crippen LogP contribution in [0.1, 0.15) is 41.5 Å². The molecule has 0 unspecified atom stereocenters. The zero-order valence-electron chi connectivity index (χ0n) is 18.8. The van der Waals surface area contributed by atoms with Crippen LogP contribution in [0.3, 0.4) is 0 Å². The first-order chi connectivity index (χ1) is 15.7. The predicted octanol–water partition coefficient (Wildman–Crippen LogP) is 3.69. The fraction of sp³-hybridized carbons (Fsp3) is 0.346. The molecular weight excluding hydrogens is 422 g/mol. The molecule has 2 aromatic carbocycles. The second kappa shape index (κ2) is 8.73. The molecule has 1 amide bonds. The summed E-state index contributed by atoms with van der Waals surface area (Å²) in [5.74, 6) is -0.916. The number of hydrogen-bond acceptors (Lipinski definition) is 5. The number of carboxylic acids is 1. The molecule has 0 radical (unpaired) electrons. The summed E-state index contributed by atoms with van der Waals surface area (Å²) in [4.78, 5) is 39.3. The Hall–Kier alpha value is -3.61. The number of rotatable bonds is 5. The second-order valence-electron chi connectivity index (χ2n) is 8.71. The molecule has 7 nitrogen and oxygen atoms in total. The van der Waals surface area contributed by atoms with Gasteiger partial charge in [-0.05, 0) is 56.4 Å². The topological polar surface area (TPSA) is 108 Å². The van der Waals surface area contributed by atoms with E-state index in [9.17, 15) is 24.6 Å². The van der Waals surface area contributed by atoms with E-state index in [1.807, 2.05) is 37.3 Å². The Kier molecular flexibility index (Phi) is 5.97. The fourth-order valence-electron chi connectivity index (χ4n) is 4.78. The molecule has 0 aliphatic carbocycles. The van der Waals surface area contributed by atoms with Crippen molar-refractivity contribution in [2.45, 2.75) is 44.9 Å². The fourth-order valence-corrected chi connectivity index (χ4v) is 4.78. The molecule has 0 saturated carbocycles. The van der Waals surface area contributed by atoms with Gasteiger partial charge in [0.1, 0.15) is 11.3 Å². The van der Waals surface area contributed by atoms with Crippen molar-refractivity contribution in [2.75, 3.05) is 13.1 Å². The third-order valence-corrected chi connectivity index (χ3v) is 6.97. The molecule has 7 heteroatoms. The third kappa shape index (κ3) is 3.99. The summed E-state index contributed by atoms with van der Waals surface area (Å²) in [7, 11) is 0. The first-order valence-electron chi connectivity index (χ1n) is 11.1. The molecule has 0 bridgehead atoms. The summed E-state index contributed by atoms with van der Waals surface area (Å²) in [6.07, 6.45) is 1.07. The first kappa shape index (κ1) is 22.6. The van der Waals surface area contributed by atoms with Crippen molar-refractivity contribution in [1.29, 1.82) is 0 Å². The van der Waals surface area contributed by atoms with E-state index in [4.69, 9.17) is 4.42 Å². The lowest BCUT2D eigenvalue weighted by Crippen LogP contribution is -2.49. The molecule has 4 rings (SSSR count). The van der Waals surface area contributed by atoms with Crippen LogP contribution in [-0.2, 0) is 21.4 Å². The standard InChI is InChI=1S/C26H27NO6/c1-16-19-8-10-21(28)17(2)23(19)33-24(30)20(16)9-11-22(29)27-14-12-26(13-15-27,25(31)32)18-6-4-3-5-7-18/h3-8,10,28H,9,11-15H2,1-2H3,(H,31,32). The monoisotopic (exact) mass is 449 g/mol. The maximum atomic E-state index is 12.9. The Labute approximate surface area is 191 Å². The summed E-state index contributed by atoms with van der Waals surface area (Å²) in [5.41, 5.74) is 1.31. The Morgan fingerprint density at radius 3 is 2.33 bits per heavy atom. The zero-order valence-corrected chi connectivity index (χ0v) is 18.8. The number of phenolic OH excluding ortho intramolecular Hbond substituents is 1. The molecule has 2 N–H and O–H groups in total. The molecule has 1 fully saturated rings. The van der Waals surface area contributed by atoms with Crippen molar-refractivity contribution in [3.63, 3.8) is 0 Å². The minimum Gasteiger partial charge on any atom is -0.508 e. The first-order valence-corrected chi connectivity index (χ1v) is 11.1. The molecule has 1 saturated heterocycles. The SMILES string of the molecule is Cc1c(CCC(=O)N2CCC(C(=O)O)(c3ccccc3)CC2)c(=O)oc2c(C)c(O)ccc12. The summed E-state index contributed by atoms with van der Waals surface area (Å²) in [6.45, 7) is 4.21. The number of carbonyl (C=O) groups is 2. The number of likely N-dealkylation sites (tertiary alicyclic amines) is 1. The van der Waals surface area contributed by atoms with Crippen LogP contribution in [0.4, 0.5) is 0 Å².